The Kier molecular flexibility index (Phi) is 7.90. The maximum atomic E-state index is 7.78. The third kappa shape index (κ3) is 5.74. The summed E-state index contributed by atoms with van der Waals surface area (Å²) in [7, 11) is 0. The third-order valence-corrected chi connectivity index (χ3v) is 5.19. The highest BCUT2D eigenvalue weighted by Gasteiger charge is 2.52. The van der Waals surface area contributed by atoms with Crippen LogP contribution in [0.4, 0.5) is 0 Å². The molecular weight excluding hydrogens is 385 g/mol. The SMILES string of the molecule is CCCCCC1(CCCCC)O[C@H]2[C@H](C=C[C@H]2OC(=N)C(Cl)(Cl)Cl)O1. The summed E-state index contributed by atoms with van der Waals surface area (Å²) in [6.45, 7) is 4.37. The lowest BCUT2D eigenvalue weighted by Crippen LogP contribution is -2.37. The maximum absolute atomic E-state index is 7.78. The van der Waals surface area contributed by atoms with Gasteiger partial charge in [0.25, 0.3) is 3.79 Å². The Morgan fingerprint density at radius 3 is 2.16 bits per heavy atom. The van der Waals surface area contributed by atoms with E-state index in [9.17, 15) is 0 Å². The van der Waals surface area contributed by atoms with Crippen LogP contribution in [0.2, 0.25) is 0 Å². The minimum atomic E-state index is -1.87. The Balaban J connectivity index is 2.01. The van der Waals surface area contributed by atoms with E-state index in [1.165, 1.54) is 0 Å². The van der Waals surface area contributed by atoms with Gasteiger partial charge in [-0.2, -0.15) is 0 Å². The molecule has 0 spiro atoms. The third-order valence-electron chi connectivity index (χ3n) is 4.67. The normalized spacial score (nSPS) is 27.5. The Morgan fingerprint density at radius 1 is 1.04 bits per heavy atom. The van der Waals surface area contributed by atoms with Gasteiger partial charge in [-0.1, -0.05) is 80.4 Å². The average molecular weight is 413 g/mol. The Labute approximate surface area is 165 Å². The molecule has 0 radical (unpaired) electrons. The smallest absolute Gasteiger partial charge is 0.265 e. The van der Waals surface area contributed by atoms with Crippen molar-refractivity contribution in [2.75, 3.05) is 0 Å². The van der Waals surface area contributed by atoms with Crippen LogP contribution in [-0.2, 0) is 14.2 Å². The molecule has 0 saturated carbocycles. The van der Waals surface area contributed by atoms with Crippen molar-refractivity contribution < 1.29 is 14.2 Å². The summed E-state index contributed by atoms with van der Waals surface area (Å²) >= 11 is 17.1. The minimum absolute atomic E-state index is 0.170. The molecule has 0 unspecified atom stereocenters. The molecule has 25 heavy (non-hydrogen) atoms. The first-order valence-electron chi connectivity index (χ1n) is 9.17. The highest BCUT2D eigenvalue weighted by molar-refractivity contribution is 6.76. The van der Waals surface area contributed by atoms with Gasteiger partial charge in [0.15, 0.2) is 5.79 Å². The number of unbranched alkanes of at least 4 members (excludes halogenated alkanes) is 4. The molecule has 2 rings (SSSR count). The zero-order valence-electron chi connectivity index (χ0n) is 14.9. The minimum Gasteiger partial charge on any atom is -0.468 e. The average Bonchev–Trinajstić information content (AvgIpc) is 3.06. The molecule has 144 valence electrons. The lowest BCUT2D eigenvalue weighted by atomic mass is 10.0. The number of hydrogen-bond donors (Lipinski definition) is 1. The topological polar surface area (TPSA) is 51.5 Å². The highest BCUT2D eigenvalue weighted by atomic mass is 35.6. The zero-order valence-corrected chi connectivity index (χ0v) is 17.2. The Hall–Kier alpha value is -0.0000000000000000763. The molecule has 0 aromatic carbocycles. The van der Waals surface area contributed by atoms with Gasteiger partial charge in [-0.15, -0.1) is 0 Å². The first-order chi connectivity index (χ1) is 11.8. The molecule has 0 amide bonds. The van der Waals surface area contributed by atoms with Crippen molar-refractivity contribution in [3.8, 4) is 0 Å². The summed E-state index contributed by atoms with van der Waals surface area (Å²) in [6.07, 6.45) is 11.3. The van der Waals surface area contributed by atoms with Crippen LogP contribution in [-0.4, -0.2) is 33.8 Å². The van der Waals surface area contributed by atoms with Crippen LogP contribution in [0, 0.1) is 5.41 Å². The fraction of sp³-hybridized carbons (Fsp3) is 0.833. The molecule has 0 aromatic heterocycles. The number of hydrogen-bond acceptors (Lipinski definition) is 4. The number of alkyl halides is 3. The summed E-state index contributed by atoms with van der Waals surface area (Å²) in [5.74, 6) is -0.959. The zero-order chi connectivity index (χ0) is 18.5. The van der Waals surface area contributed by atoms with Gasteiger partial charge in [-0.3, -0.25) is 5.41 Å². The van der Waals surface area contributed by atoms with E-state index in [0.717, 1.165) is 51.4 Å². The van der Waals surface area contributed by atoms with E-state index in [1.54, 1.807) is 0 Å². The molecular formula is C18H28Cl3NO3. The van der Waals surface area contributed by atoms with E-state index in [2.05, 4.69) is 13.8 Å². The quantitative estimate of drug-likeness (QED) is 0.168. The van der Waals surface area contributed by atoms with Crippen molar-refractivity contribution >= 4 is 40.7 Å². The summed E-state index contributed by atoms with van der Waals surface area (Å²) in [4.78, 5) is 0. The van der Waals surface area contributed by atoms with E-state index < -0.39 is 21.6 Å². The molecule has 1 aliphatic heterocycles. The van der Waals surface area contributed by atoms with Crippen LogP contribution in [0.3, 0.4) is 0 Å². The second-order valence-electron chi connectivity index (χ2n) is 6.78. The van der Waals surface area contributed by atoms with Gasteiger partial charge in [0.2, 0.25) is 5.90 Å². The monoisotopic (exact) mass is 411 g/mol. The van der Waals surface area contributed by atoms with Gasteiger partial charge >= 0.3 is 0 Å². The van der Waals surface area contributed by atoms with Crippen molar-refractivity contribution in [1.82, 2.24) is 0 Å². The fourth-order valence-corrected chi connectivity index (χ4v) is 3.48. The Bertz CT molecular complexity index is 469. The van der Waals surface area contributed by atoms with Crippen molar-refractivity contribution in [2.45, 2.75) is 93.1 Å². The number of ether oxygens (including phenoxy) is 3. The Morgan fingerprint density at radius 2 is 1.64 bits per heavy atom. The van der Waals surface area contributed by atoms with E-state index in [-0.39, 0.29) is 12.2 Å². The molecule has 1 aliphatic carbocycles. The number of rotatable bonds is 9. The molecule has 0 bridgehead atoms. The van der Waals surface area contributed by atoms with Crippen molar-refractivity contribution in [2.24, 2.45) is 0 Å². The van der Waals surface area contributed by atoms with Gasteiger partial charge in [-0.25, -0.2) is 0 Å². The predicted molar refractivity (Wildman–Crippen MR) is 103 cm³/mol. The number of fused-ring (bicyclic) bond motifs is 1. The van der Waals surface area contributed by atoms with Crippen molar-refractivity contribution in [1.29, 1.82) is 5.41 Å². The standard InChI is InChI=1S/C18H28Cl3NO3/c1-3-5-7-11-17(12-8-6-4-2)24-14-10-9-13(15(14)25-17)23-16(22)18(19,20)21/h9-10,13-15,22H,3-8,11-12H2,1-2H3/t13-,14+,15-/m1/s1. The lowest BCUT2D eigenvalue weighted by Gasteiger charge is -2.30. The number of halogens is 3. The molecule has 1 saturated heterocycles. The van der Waals surface area contributed by atoms with E-state index in [1.807, 2.05) is 12.2 Å². The summed E-state index contributed by atoms with van der Waals surface area (Å²) in [5.41, 5.74) is 0. The predicted octanol–water partition coefficient (Wildman–Crippen LogP) is 5.93. The van der Waals surface area contributed by atoms with Gasteiger partial charge in [-0.05, 0) is 18.9 Å². The maximum Gasteiger partial charge on any atom is 0.265 e. The van der Waals surface area contributed by atoms with E-state index >= 15 is 0 Å². The van der Waals surface area contributed by atoms with Crippen LogP contribution in [0.15, 0.2) is 12.2 Å². The largest absolute Gasteiger partial charge is 0.468 e. The molecule has 1 fully saturated rings. The molecule has 1 heterocycles. The van der Waals surface area contributed by atoms with Crippen LogP contribution in [0.25, 0.3) is 0 Å². The van der Waals surface area contributed by atoms with Crippen LogP contribution >= 0.6 is 34.8 Å². The van der Waals surface area contributed by atoms with E-state index in [4.69, 9.17) is 54.4 Å². The first kappa shape index (κ1) is 21.3. The van der Waals surface area contributed by atoms with Gasteiger partial charge in [0.05, 0.1) is 0 Å². The summed E-state index contributed by atoms with van der Waals surface area (Å²) in [5, 5.41) is 7.78. The van der Waals surface area contributed by atoms with Crippen LogP contribution in [0.1, 0.15) is 65.2 Å². The molecule has 2 aliphatic rings. The second-order valence-corrected chi connectivity index (χ2v) is 9.07. The summed E-state index contributed by atoms with van der Waals surface area (Å²) in [6, 6.07) is 0. The van der Waals surface area contributed by atoms with Crippen molar-refractivity contribution in [3.05, 3.63) is 12.2 Å². The highest BCUT2D eigenvalue weighted by Crippen LogP contribution is 2.42. The molecule has 1 N–H and O–H groups in total. The lowest BCUT2D eigenvalue weighted by molar-refractivity contribution is -0.190. The van der Waals surface area contributed by atoms with E-state index in [0.29, 0.717) is 0 Å². The van der Waals surface area contributed by atoms with Crippen molar-refractivity contribution in [3.63, 3.8) is 0 Å². The van der Waals surface area contributed by atoms with Gasteiger partial charge < -0.3 is 14.2 Å². The number of nitrogens with one attached hydrogen (secondary N) is 1. The first-order valence-corrected chi connectivity index (χ1v) is 10.3. The molecule has 0 aromatic rings. The molecule has 4 nitrogen and oxygen atoms in total. The van der Waals surface area contributed by atoms with Crippen LogP contribution in [0.5, 0.6) is 0 Å². The molecule has 7 heteroatoms. The fourth-order valence-electron chi connectivity index (χ4n) is 3.35. The van der Waals surface area contributed by atoms with Crippen LogP contribution < -0.4 is 0 Å². The van der Waals surface area contributed by atoms with Gasteiger partial charge in [0, 0.05) is 12.8 Å². The summed E-state index contributed by atoms with van der Waals surface area (Å²) < 4.78 is 16.3. The second kappa shape index (κ2) is 9.27. The van der Waals surface area contributed by atoms with Gasteiger partial charge in [0.1, 0.15) is 18.3 Å². The molecule has 3 atom stereocenters.